The summed E-state index contributed by atoms with van der Waals surface area (Å²) in [5.74, 6) is 0.284. The molecule has 0 atom stereocenters. The van der Waals surface area contributed by atoms with E-state index in [-0.39, 0.29) is 10.8 Å². The fourth-order valence-corrected chi connectivity index (χ4v) is 4.71. The number of halogens is 1. The van der Waals surface area contributed by atoms with Gasteiger partial charge in [0, 0.05) is 5.69 Å². The summed E-state index contributed by atoms with van der Waals surface area (Å²) in [4.78, 5) is 16.8. The smallest absolute Gasteiger partial charge is 0.267 e. The lowest BCUT2D eigenvalue weighted by Gasteiger charge is -2.12. The van der Waals surface area contributed by atoms with Gasteiger partial charge in [0.15, 0.2) is 0 Å². The molecule has 0 fully saturated rings. The van der Waals surface area contributed by atoms with Crippen molar-refractivity contribution in [2.24, 2.45) is 0 Å². The zero-order valence-corrected chi connectivity index (χ0v) is 18.8. The van der Waals surface area contributed by atoms with Crippen molar-refractivity contribution in [3.05, 3.63) is 63.0 Å². The highest BCUT2D eigenvalue weighted by Crippen LogP contribution is 2.29. The van der Waals surface area contributed by atoms with Crippen molar-refractivity contribution < 1.29 is 17.9 Å². The Labute approximate surface area is 181 Å². The van der Waals surface area contributed by atoms with Crippen LogP contribution in [-0.4, -0.2) is 25.9 Å². The highest BCUT2D eigenvalue weighted by atomic mass is 79.9. The van der Waals surface area contributed by atoms with Gasteiger partial charge in [-0.25, -0.2) is 13.4 Å². The highest BCUT2D eigenvalue weighted by Gasteiger charge is 2.17. The second kappa shape index (κ2) is 8.93. The van der Waals surface area contributed by atoms with Gasteiger partial charge in [-0.2, -0.15) is 0 Å². The number of nitrogens with one attached hydrogen (secondary N) is 2. The minimum atomic E-state index is -3.85. The van der Waals surface area contributed by atoms with E-state index < -0.39 is 10.0 Å². The Bertz CT molecular complexity index is 1150. The number of carbonyl (C=O) groups is 1. The lowest BCUT2D eigenvalue weighted by molar-refractivity contribution is 0.103. The fraction of sp³-hybridized carbons (Fsp3) is 0.158. The van der Waals surface area contributed by atoms with Crippen LogP contribution in [0.4, 0.5) is 11.4 Å². The lowest BCUT2D eigenvalue weighted by atomic mass is 10.3. The number of aromatic nitrogens is 1. The third kappa shape index (κ3) is 5.34. The van der Waals surface area contributed by atoms with Gasteiger partial charge in [-0.15, -0.1) is 11.3 Å². The van der Waals surface area contributed by atoms with E-state index in [0.29, 0.717) is 33.1 Å². The molecule has 2 N–H and O–H groups in total. The molecule has 0 saturated heterocycles. The fourth-order valence-electron chi connectivity index (χ4n) is 2.45. The standard InChI is InChI=1S/C19H18BrN3O4S2/c1-3-27-17-8-7-14(10-16(17)20)23-29(25,26)15-6-4-5-13(9-15)22-19(24)18-11-21-12(2)28-18/h4-11,23H,3H2,1-2H3,(H,22,24). The van der Waals surface area contributed by atoms with E-state index in [9.17, 15) is 13.2 Å². The SMILES string of the molecule is CCOc1ccc(NS(=O)(=O)c2cccc(NC(=O)c3cnc(C)s3)c2)cc1Br. The van der Waals surface area contributed by atoms with Crippen molar-refractivity contribution in [1.29, 1.82) is 0 Å². The number of amides is 1. The molecule has 29 heavy (non-hydrogen) atoms. The Morgan fingerprint density at radius 3 is 2.66 bits per heavy atom. The number of thiazole rings is 1. The van der Waals surface area contributed by atoms with Gasteiger partial charge in [-0.05, 0) is 66.2 Å². The van der Waals surface area contributed by atoms with Crippen molar-refractivity contribution in [2.45, 2.75) is 18.7 Å². The second-order valence-electron chi connectivity index (χ2n) is 5.91. The Kier molecular flexibility index (Phi) is 6.56. The Morgan fingerprint density at radius 2 is 2.00 bits per heavy atom. The molecular formula is C19H18BrN3O4S2. The number of benzene rings is 2. The zero-order valence-electron chi connectivity index (χ0n) is 15.6. The van der Waals surface area contributed by atoms with Crippen LogP contribution >= 0.6 is 27.3 Å². The normalized spacial score (nSPS) is 11.1. The van der Waals surface area contributed by atoms with Gasteiger partial charge >= 0.3 is 0 Å². The summed E-state index contributed by atoms with van der Waals surface area (Å²) in [7, 11) is -3.85. The van der Waals surface area contributed by atoms with Crippen LogP contribution in [0.2, 0.25) is 0 Å². The Balaban J connectivity index is 1.78. The van der Waals surface area contributed by atoms with Gasteiger partial charge in [0.2, 0.25) is 0 Å². The van der Waals surface area contributed by atoms with Crippen molar-refractivity contribution >= 4 is 54.6 Å². The molecule has 152 valence electrons. The lowest BCUT2D eigenvalue weighted by Crippen LogP contribution is -2.14. The molecule has 1 heterocycles. The quantitative estimate of drug-likeness (QED) is 0.496. The van der Waals surface area contributed by atoms with E-state index in [1.807, 2.05) is 6.92 Å². The van der Waals surface area contributed by atoms with Gasteiger partial charge in [-0.1, -0.05) is 6.07 Å². The molecular weight excluding hydrogens is 478 g/mol. The predicted octanol–water partition coefficient (Wildman–Crippen LogP) is 4.67. The van der Waals surface area contributed by atoms with Crippen LogP contribution < -0.4 is 14.8 Å². The first-order valence-corrected chi connectivity index (χ1v) is 11.7. The summed E-state index contributed by atoms with van der Waals surface area (Å²) >= 11 is 4.63. The molecule has 0 bridgehead atoms. The molecule has 0 aliphatic carbocycles. The molecule has 0 spiro atoms. The van der Waals surface area contributed by atoms with E-state index in [1.54, 1.807) is 37.3 Å². The number of anilines is 2. The van der Waals surface area contributed by atoms with Gasteiger partial charge in [0.05, 0.1) is 32.9 Å². The van der Waals surface area contributed by atoms with E-state index in [4.69, 9.17) is 4.74 Å². The first-order chi connectivity index (χ1) is 13.8. The number of hydrogen-bond donors (Lipinski definition) is 2. The molecule has 3 aromatic rings. The number of ether oxygens (including phenoxy) is 1. The van der Waals surface area contributed by atoms with Crippen molar-refractivity contribution in [2.75, 3.05) is 16.6 Å². The minimum absolute atomic E-state index is 0.0285. The number of rotatable bonds is 7. The molecule has 0 radical (unpaired) electrons. The zero-order chi connectivity index (χ0) is 21.0. The van der Waals surface area contributed by atoms with E-state index in [1.165, 1.54) is 29.7 Å². The highest BCUT2D eigenvalue weighted by molar-refractivity contribution is 9.10. The topological polar surface area (TPSA) is 97.4 Å². The van der Waals surface area contributed by atoms with Crippen molar-refractivity contribution in [1.82, 2.24) is 4.98 Å². The average Bonchev–Trinajstić information content (AvgIpc) is 3.11. The molecule has 1 aromatic heterocycles. The molecule has 0 aliphatic rings. The molecule has 0 aliphatic heterocycles. The van der Waals surface area contributed by atoms with Gasteiger partial charge in [0.1, 0.15) is 10.6 Å². The largest absolute Gasteiger partial charge is 0.493 e. The van der Waals surface area contributed by atoms with E-state index in [2.05, 4.69) is 31.0 Å². The van der Waals surface area contributed by atoms with Crippen LogP contribution in [0.25, 0.3) is 0 Å². The summed E-state index contributed by atoms with van der Waals surface area (Å²) < 4.78 is 34.1. The molecule has 7 nitrogen and oxygen atoms in total. The maximum atomic E-state index is 12.8. The molecule has 0 unspecified atom stereocenters. The molecule has 3 rings (SSSR count). The molecule has 0 saturated carbocycles. The minimum Gasteiger partial charge on any atom is -0.493 e. The second-order valence-corrected chi connectivity index (χ2v) is 9.68. The maximum Gasteiger partial charge on any atom is 0.267 e. The van der Waals surface area contributed by atoms with Gasteiger partial charge in [-0.3, -0.25) is 9.52 Å². The summed E-state index contributed by atoms with van der Waals surface area (Å²) in [6.07, 6.45) is 1.49. The maximum absolute atomic E-state index is 12.8. The number of sulfonamides is 1. The molecule has 1 amide bonds. The van der Waals surface area contributed by atoms with Crippen LogP contribution in [0.1, 0.15) is 21.6 Å². The number of nitrogens with zero attached hydrogens (tertiary/aromatic N) is 1. The monoisotopic (exact) mass is 495 g/mol. The summed E-state index contributed by atoms with van der Waals surface area (Å²) in [5.41, 5.74) is 0.756. The van der Waals surface area contributed by atoms with Crippen molar-refractivity contribution in [3.8, 4) is 5.75 Å². The average molecular weight is 496 g/mol. The van der Waals surface area contributed by atoms with Gasteiger partial charge in [0.25, 0.3) is 15.9 Å². The first kappa shape index (κ1) is 21.3. The summed E-state index contributed by atoms with van der Waals surface area (Å²) in [6.45, 7) is 4.17. The van der Waals surface area contributed by atoms with Crippen LogP contribution in [-0.2, 0) is 10.0 Å². The number of carbonyl (C=O) groups excluding carboxylic acids is 1. The number of aryl methyl sites for hydroxylation is 1. The van der Waals surface area contributed by atoms with Crippen LogP contribution in [0.15, 0.2) is 58.0 Å². The van der Waals surface area contributed by atoms with Crippen molar-refractivity contribution in [3.63, 3.8) is 0 Å². The number of hydrogen-bond acceptors (Lipinski definition) is 6. The Morgan fingerprint density at radius 1 is 1.21 bits per heavy atom. The third-order valence-corrected chi connectivity index (χ3v) is 6.64. The molecule has 10 heteroatoms. The Hall–Kier alpha value is -2.43. The van der Waals surface area contributed by atoms with Gasteiger partial charge < -0.3 is 10.1 Å². The summed E-state index contributed by atoms with van der Waals surface area (Å²) in [5, 5.41) is 3.47. The van der Waals surface area contributed by atoms with E-state index in [0.717, 1.165) is 5.01 Å². The van der Waals surface area contributed by atoms with Crippen LogP contribution in [0.5, 0.6) is 5.75 Å². The van der Waals surface area contributed by atoms with Crippen LogP contribution in [0, 0.1) is 6.92 Å². The summed E-state index contributed by atoms with van der Waals surface area (Å²) in [6, 6.07) is 11.0. The first-order valence-electron chi connectivity index (χ1n) is 8.57. The van der Waals surface area contributed by atoms with E-state index >= 15 is 0 Å². The molecule has 2 aromatic carbocycles. The van der Waals surface area contributed by atoms with Crippen LogP contribution in [0.3, 0.4) is 0 Å². The third-order valence-electron chi connectivity index (χ3n) is 3.73. The predicted molar refractivity (Wildman–Crippen MR) is 117 cm³/mol.